The first-order chi connectivity index (χ1) is 14.3. The van der Waals surface area contributed by atoms with Crippen molar-refractivity contribution < 1.29 is 28.0 Å². The Bertz CT molecular complexity index is 949. The predicted octanol–water partition coefficient (Wildman–Crippen LogP) is 3.21. The highest BCUT2D eigenvalue weighted by Gasteiger charge is 2.48. The second-order valence-corrected chi connectivity index (χ2v) is 8.20. The van der Waals surface area contributed by atoms with Crippen molar-refractivity contribution >= 4 is 11.9 Å². The van der Waals surface area contributed by atoms with Crippen LogP contribution in [0.1, 0.15) is 49.0 Å². The minimum atomic E-state index is -0.993. The van der Waals surface area contributed by atoms with Gasteiger partial charge >= 0.3 is 5.97 Å². The molecule has 2 heterocycles. The normalized spacial score (nSPS) is 19.3. The summed E-state index contributed by atoms with van der Waals surface area (Å²) in [5.41, 5.74) is -0.981. The molecule has 0 unspecified atom stereocenters. The molecule has 0 atom stereocenters. The van der Waals surface area contributed by atoms with Crippen LogP contribution in [0.5, 0.6) is 0 Å². The van der Waals surface area contributed by atoms with Crippen molar-refractivity contribution in [1.82, 2.24) is 15.4 Å². The summed E-state index contributed by atoms with van der Waals surface area (Å²) in [6.07, 6.45) is 5.55. The summed E-state index contributed by atoms with van der Waals surface area (Å²) < 4.78 is 32.1. The molecule has 1 saturated carbocycles. The fraction of sp³-hybridized carbons (Fsp3) is 0.476. The molecule has 160 valence electrons. The van der Waals surface area contributed by atoms with E-state index in [9.17, 15) is 23.5 Å². The number of carboxylic acid groups (broad SMARTS) is 1. The van der Waals surface area contributed by atoms with E-state index in [4.69, 9.17) is 4.52 Å². The molecular weight excluding hydrogens is 396 g/mol. The predicted molar refractivity (Wildman–Crippen MR) is 103 cm³/mol. The van der Waals surface area contributed by atoms with Gasteiger partial charge in [-0.3, -0.25) is 14.5 Å². The lowest BCUT2D eigenvalue weighted by Crippen LogP contribution is -2.72. The topological polar surface area (TPSA) is 95.7 Å². The summed E-state index contributed by atoms with van der Waals surface area (Å²) >= 11 is 0. The molecule has 2 fully saturated rings. The number of likely N-dealkylation sites (tertiary alicyclic amines) is 1. The van der Waals surface area contributed by atoms with Crippen molar-refractivity contribution in [3.8, 4) is 11.3 Å². The largest absolute Gasteiger partial charge is 0.481 e. The Morgan fingerprint density at radius 2 is 1.93 bits per heavy atom. The Balaban J connectivity index is 1.46. The van der Waals surface area contributed by atoms with Gasteiger partial charge in [-0.1, -0.05) is 24.4 Å². The number of hydrogen-bond donors (Lipinski definition) is 2. The van der Waals surface area contributed by atoms with Gasteiger partial charge in [0.25, 0.3) is 5.91 Å². The van der Waals surface area contributed by atoms with Gasteiger partial charge in [-0.2, -0.15) is 0 Å². The van der Waals surface area contributed by atoms with E-state index in [1.807, 2.05) is 0 Å². The summed E-state index contributed by atoms with van der Waals surface area (Å²) in [5, 5.41) is 15.8. The van der Waals surface area contributed by atoms with Crippen molar-refractivity contribution in [2.75, 3.05) is 13.1 Å². The second-order valence-electron chi connectivity index (χ2n) is 8.20. The van der Waals surface area contributed by atoms with E-state index in [2.05, 4.69) is 15.4 Å². The number of aromatic nitrogens is 1. The molecule has 1 aromatic heterocycles. The molecule has 1 amide bonds. The highest BCUT2D eigenvalue weighted by Crippen LogP contribution is 2.33. The van der Waals surface area contributed by atoms with Crippen LogP contribution in [0.3, 0.4) is 0 Å². The first-order valence-electron chi connectivity index (χ1n) is 10.1. The molecule has 1 saturated heterocycles. The molecule has 0 bridgehead atoms. The van der Waals surface area contributed by atoms with Crippen LogP contribution < -0.4 is 5.32 Å². The lowest BCUT2D eigenvalue weighted by molar-refractivity contribution is -0.141. The van der Waals surface area contributed by atoms with Crippen LogP contribution in [0.15, 0.2) is 28.8 Å². The molecule has 2 aliphatic rings. The fourth-order valence-corrected chi connectivity index (χ4v) is 4.46. The zero-order chi connectivity index (χ0) is 21.3. The fourth-order valence-electron chi connectivity index (χ4n) is 4.46. The number of hydrogen-bond acceptors (Lipinski definition) is 5. The first kappa shape index (κ1) is 20.5. The number of rotatable bonds is 6. The summed E-state index contributed by atoms with van der Waals surface area (Å²) in [6, 6.07) is 4.69. The lowest BCUT2D eigenvalue weighted by Gasteiger charge is -2.53. The summed E-state index contributed by atoms with van der Waals surface area (Å²) in [4.78, 5) is 26.3. The van der Waals surface area contributed by atoms with Gasteiger partial charge in [-0.25, -0.2) is 8.78 Å². The Kier molecular flexibility index (Phi) is 5.55. The Morgan fingerprint density at radius 3 is 2.60 bits per heavy atom. The highest BCUT2D eigenvalue weighted by molar-refractivity contribution is 5.94. The molecule has 7 nitrogen and oxygen atoms in total. The maximum Gasteiger partial charge on any atom is 0.305 e. The monoisotopic (exact) mass is 419 g/mol. The number of amides is 1. The van der Waals surface area contributed by atoms with Gasteiger partial charge in [0.05, 0.1) is 17.5 Å². The Hall–Kier alpha value is -2.81. The number of carboxylic acids is 1. The number of benzene rings is 1. The second kappa shape index (κ2) is 8.14. The van der Waals surface area contributed by atoms with E-state index in [-0.39, 0.29) is 23.4 Å². The van der Waals surface area contributed by atoms with Crippen LogP contribution >= 0.6 is 0 Å². The van der Waals surface area contributed by atoms with Crippen molar-refractivity contribution in [2.24, 2.45) is 0 Å². The van der Waals surface area contributed by atoms with Gasteiger partial charge < -0.3 is 14.9 Å². The smallest absolute Gasteiger partial charge is 0.305 e. The molecular formula is C21H23F2N3O4. The molecule has 0 spiro atoms. The third-order valence-corrected chi connectivity index (χ3v) is 5.91. The molecule has 1 aromatic carbocycles. The van der Waals surface area contributed by atoms with E-state index in [0.29, 0.717) is 25.2 Å². The van der Waals surface area contributed by atoms with Crippen LogP contribution in [0, 0.1) is 11.6 Å². The molecule has 30 heavy (non-hydrogen) atoms. The Morgan fingerprint density at radius 1 is 1.20 bits per heavy atom. The van der Waals surface area contributed by atoms with E-state index in [1.54, 1.807) is 0 Å². The molecule has 1 aliphatic heterocycles. The molecule has 0 radical (unpaired) electrons. The SMILES string of the molecule is O=C(O)CC1(NC(=O)c2cc(-c3ccc(F)cc3F)on2)CN(C2CCCCC2)C1. The molecule has 1 aliphatic carbocycles. The van der Waals surface area contributed by atoms with E-state index < -0.39 is 29.0 Å². The number of carbonyl (C=O) groups is 2. The maximum absolute atomic E-state index is 13.9. The number of nitrogens with zero attached hydrogens (tertiary/aromatic N) is 2. The maximum atomic E-state index is 13.9. The van der Waals surface area contributed by atoms with E-state index in [1.165, 1.54) is 31.4 Å². The Labute approximate surface area is 172 Å². The van der Waals surface area contributed by atoms with E-state index >= 15 is 0 Å². The minimum Gasteiger partial charge on any atom is -0.481 e. The van der Waals surface area contributed by atoms with Gasteiger partial charge in [0.2, 0.25) is 0 Å². The van der Waals surface area contributed by atoms with Gasteiger partial charge in [0.1, 0.15) is 11.6 Å². The van der Waals surface area contributed by atoms with Crippen molar-refractivity contribution in [1.29, 1.82) is 0 Å². The average Bonchev–Trinajstić information content (AvgIpc) is 3.16. The van der Waals surface area contributed by atoms with Gasteiger partial charge in [0, 0.05) is 31.3 Å². The third kappa shape index (κ3) is 4.21. The van der Waals surface area contributed by atoms with Crippen molar-refractivity contribution in [3.05, 3.63) is 41.6 Å². The lowest BCUT2D eigenvalue weighted by atomic mass is 9.82. The van der Waals surface area contributed by atoms with Gasteiger partial charge in [-0.15, -0.1) is 0 Å². The molecule has 2 N–H and O–H groups in total. The number of nitrogens with one attached hydrogen (secondary N) is 1. The number of carbonyl (C=O) groups excluding carboxylic acids is 1. The van der Waals surface area contributed by atoms with Crippen LogP contribution in [0.4, 0.5) is 8.78 Å². The minimum absolute atomic E-state index is 0.0117. The van der Waals surface area contributed by atoms with Gasteiger partial charge in [0.15, 0.2) is 11.5 Å². The number of halogens is 2. The zero-order valence-corrected chi connectivity index (χ0v) is 16.4. The third-order valence-electron chi connectivity index (χ3n) is 5.91. The summed E-state index contributed by atoms with van der Waals surface area (Å²) in [7, 11) is 0. The quantitative estimate of drug-likeness (QED) is 0.747. The van der Waals surface area contributed by atoms with Crippen molar-refractivity contribution in [3.63, 3.8) is 0 Å². The van der Waals surface area contributed by atoms with E-state index in [0.717, 1.165) is 18.9 Å². The van der Waals surface area contributed by atoms with Gasteiger partial charge in [-0.05, 0) is 25.0 Å². The molecule has 9 heteroatoms. The standard InChI is InChI=1S/C21H23F2N3O4/c22-13-6-7-15(16(23)8-13)18-9-17(25-30-18)20(29)24-21(10-19(27)28)11-26(12-21)14-4-2-1-3-5-14/h6-9,14H,1-5,10-12H2,(H,24,29)(H,27,28). The molecule has 2 aromatic rings. The summed E-state index contributed by atoms with van der Waals surface area (Å²) in [6.45, 7) is 0.931. The van der Waals surface area contributed by atoms with Crippen LogP contribution in [0.2, 0.25) is 0 Å². The zero-order valence-electron chi connectivity index (χ0n) is 16.4. The van der Waals surface area contributed by atoms with Crippen molar-refractivity contribution in [2.45, 2.75) is 50.1 Å². The highest BCUT2D eigenvalue weighted by atomic mass is 19.1. The molecule has 4 rings (SSSR count). The number of aliphatic carboxylic acids is 1. The first-order valence-corrected chi connectivity index (χ1v) is 10.1. The average molecular weight is 419 g/mol. The van der Waals surface area contributed by atoms with Crippen LogP contribution in [-0.4, -0.2) is 51.7 Å². The van der Waals surface area contributed by atoms with Crippen LogP contribution in [-0.2, 0) is 4.79 Å². The summed E-state index contributed by atoms with van der Waals surface area (Å²) in [5.74, 6) is -3.15. The van der Waals surface area contributed by atoms with Crippen LogP contribution in [0.25, 0.3) is 11.3 Å².